The first kappa shape index (κ1) is 21.6. The summed E-state index contributed by atoms with van der Waals surface area (Å²) in [7, 11) is 0. The number of nitrogens with two attached hydrogens (primary N) is 1. The summed E-state index contributed by atoms with van der Waals surface area (Å²) in [4.78, 5) is 8.14. The lowest BCUT2D eigenvalue weighted by Gasteiger charge is -2.15. The van der Waals surface area contributed by atoms with Gasteiger partial charge < -0.3 is 25.4 Å². The zero-order valence-electron chi connectivity index (χ0n) is 15.7. The number of hydrogen-bond donors (Lipinski definition) is 3. The second-order valence-corrected chi connectivity index (χ2v) is 7.70. The van der Waals surface area contributed by atoms with Crippen LogP contribution in [0.15, 0.2) is 35.6 Å². The average Bonchev–Trinajstić information content (AvgIpc) is 3.20. The van der Waals surface area contributed by atoms with Crippen LogP contribution in [0.5, 0.6) is 5.75 Å². The maximum Gasteiger partial charge on any atom is 0.573 e. The van der Waals surface area contributed by atoms with Gasteiger partial charge in [0.25, 0.3) is 0 Å². The van der Waals surface area contributed by atoms with Gasteiger partial charge in [0.1, 0.15) is 35.1 Å². The molecule has 0 amide bonds. The molecule has 0 unspecified atom stereocenters. The Morgan fingerprint density at radius 2 is 1.90 bits per heavy atom. The van der Waals surface area contributed by atoms with Crippen LogP contribution in [0.3, 0.4) is 0 Å². The van der Waals surface area contributed by atoms with Crippen LogP contribution >= 0.6 is 11.8 Å². The van der Waals surface area contributed by atoms with Gasteiger partial charge in [-0.3, -0.25) is 0 Å². The van der Waals surface area contributed by atoms with Crippen LogP contribution in [0, 0.1) is 6.92 Å². The molecule has 1 fully saturated rings. The minimum absolute atomic E-state index is 0.159. The highest BCUT2D eigenvalue weighted by Gasteiger charge is 2.43. The Morgan fingerprint density at radius 3 is 2.52 bits per heavy atom. The van der Waals surface area contributed by atoms with E-state index in [2.05, 4.69) is 26.7 Å². The van der Waals surface area contributed by atoms with Gasteiger partial charge in [0.05, 0.1) is 11.5 Å². The van der Waals surface area contributed by atoms with Gasteiger partial charge in [-0.15, -0.1) is 13.2 Å². The molecule has 1 saturated heterocycles. The third-order valence-corrected chi connectivity index (χ3v) is 5.63. The third-order valence-electron chi connectivity index (χ3n) is 4.60. The van der Waals surface area contributed by atoms with Gasteiger partial charge in [-0.2, -0.15) is 5.10 Å². The molecule has 1 aromatic carbocycles. The summed E-state index contributed by atoms with van der Waals surface area (Å²) in [5.74, 6) is 0.190. The predicted molar refractivity (Wildman–Crippen MR) is 104 cm³/mol. The fourth-order valence-electron chi connectivity index (χ4n) is 3.11. The number of alkyl halides is 3. The van der Waals surface area contributed by atoms with Gasteiger partial charge in [-0.05, 0) is 24.6 Å². The number of nitrogens with zero attached hydrogens (tertiary/aromatic N) is 4. The molecule has 4 rings (SSSR count). The van der Waals surface area contributed by atoms with Crippen molar-refractivity contribution in [3.8, 4) is 5.75 Å². The Balaban J connectivity index is 1.58. The number of anilines is 1. The number of aromatic nitrogens is 4. The van der Waals surface area contributed by atoms with E-state index in [9.17, 15) is 23.4 Å². The molecule has 0 aliphatic carbocycles. The van der Waals surface area contributed by atoms with Gasteiger partial charge in [-0.1, -0.05) is 23.9 Å². The minimum atomic E-state index is -4.76. The summed E-state index contributed by atoms with van der Waals surface area (Å²) in [5, 5.41) is 25.5. The highest BCUT2D eigenvalue weighted by atomic mass is 32.2. The highest BCUT2D eigenvalue weighted by molar-refractivity contribution is 7.98. The van der Waals surface area contributed by atoms with Crippen molar-refractivity contribution in [3.05, 3.63) is 43.1 Å². The second-order valence-electron chi connectivity index (χ2n) is 6.73. The van der Waals surface area contributed by atoms with Crippen molar-refractivity contribution in [1.29, 1.82) is 0 Å². The summed E-state index contributed by atoms with van der Waals surface area (Å²) in [5.41, 5.74) is 7.01. The fraction of sp³-hybridized carbons (Fsp3) is 0.333. The number of benzene rings is 1. The highest BCUT2D eigenvalue weighted by Crippen LogP contribution is 2.36. The first-order valence-electron chi connectivity index (χ1n) is 8.95. The Bertz CT molecular complexity index is 1080. The maximum atomic E-state index is 12.3. The van der Waals surface area contributed by atoms with E-state index in [1.807, 2.05) is 0 Å². The van der Waals surface area contributed by atoms with Gasteiger partial charge >= 0.3 is 6.36 Å². The van der Waals surface area contributed by atoms with E-state index in [1.54, 1.807) is 0 Å². The van der Waals surface area contributed by atoms with Crippen LogP contribution < -0.4 is 10.5 Å². The van der Waals surface area contributed by atoms with E-state index in [4.69, 9.17) is 10.5 Å². The molecule has 2 aromatic heterocycles. The van der Waals surface area contributed by atoms with Crippen LogP contribution in [0.4, 0.5) is 19.0 Å². The number of aliphatic hydroxyl groups is 2. The Hall–Kier alpha value is -2.61. The standard InChI is InChI=1S/C18H17F3N5O4S/c1-8-12(27)13(28)17(29-8)26-15-11(14(22)23-7-24-15)16(25-26)31-6-9-2-4-10(5-3-9)30-18(19,20)21/h2-5,7-8,12-13,17,27-28H,1,6H2,(H2,22,23,24)/t8-,12-,13-,17-/m1/s1. The molecular formula is C18H17F3N5O4S. The van der Waals surface area contributed by atoms with Crippen molar-refractivity contribution in [2.45, 2.75) is 41.7 Å². The molecule has 3 heterocycles. The maximum absolute atomic E-state index is 12.3. The van der Waals surface area contributed by atoms with E-state index < -0.39 is 30.9 Å². The quantitative estimate of drug-likeness (QED) is 0.494. The van der Waals surface area contributed by atoms with E-state index in [0.717, 1.165) is 0 Å². The Labute approximate surface area is 178 Å². The number of halogens is 3. The van der Waals surface area contributed by atoms with Crippen LogP contribution in [0.1, 0.15) is 11.8 Å². The number of aliphatic hydroxyl groups excluding tert-OH is 2. The summed E-state index contributed by atoms with van der Waals surface area (Å²) in [6, 6.07) is 5.44. The normalized spacial score (nSPS) is 24.1. The number of hydrogen-bond acceptors (Lipinski definition) is 9. The number of nitrogen functional groups attached to an aromatic ring is 1. The van der Waals surface area contributed by atoms with Crippen LogP contribution in [-0.2, 0) is 10.5 Å². The Morgan fingerprint density at radius 1 is 1.19 bits per heavy atom. The molecular weight excluding hydrogens is 439 g/mol. The van der Waals surface area contributed by atoms with Crippen molar-refractivity contribution >= 4 is 28.6 Å². The minimum Gasteiger partial charge on any atom is -0.406 e. The lowest BCUT2D eigenvalue weighted by Crippen LogP contribution is -2.30. The van der Waals surface area contributed by atoms with E-state index in [1.165, 1.54) is 47.0 Å². The molecule has 13 heteroatoms. The van der Waals surface area contributed by atoms with Crippen molar-refractivity contribution in [2.24, 2.45) is 0 Å². The molecule has 9 nitrogen and oxygen atoms in total. The zero-order chi connectivity index (χ0) is 22.3. The first-order valence-corrected chi connectivity index (χ1v) is 9.93. The SMILES string of the molecule is [CH2][C@H]1O[C@@H](n2nc(SCc3ccc(OC(F)(F)F)cc3)c3c(N)ncnc32)[C@H](O)[C@@H]1O. The van der Waals surface area contributed by atoms with Gasteiger partial charge in [0, 0.05) is 5.75 Å². The summed E-state index contributed by atoms with van der Waals surface area (Å²) in [6.07, 6.45) is -7.87. The third kappa shape index (κ3) is 4.39. The number of thioether (sulfide) groups is 1. The summed E-state index contributed by atoms with van der Waals surface area (Å²) < 4.78 is 47.6. The summed E-state index contributed by atoms with van der Waals surface area (Å²) in [6.45, 7) is 3.64. The van der Waals surface area contributed by atoms with E-state index in [0.29, 0.717) is 27.4 Å². The molecule has 1 radical (unpaired) electrons. The zero-order valence-corrected chi connectivity index (χ0v) is 16.5. The molecule has 0 spiro atoms. The number of rotatable bonds is 5. The van der Waals surface area contributed by atoms with Crippen molar-refractivity contribution in [3.63, 3.8) is 0 Å². The topological polar surface area (TPSA) is 129 Å². The molecule has 0 bridgehead atoms. The van der Waals surface area contributed by atoms with Crippen molar-refractivity contribution < 1.29 is 32.9 Å². The molecule has 1 aliphatic heterocycles. The van der Waals surface area contributed by atoms with Crippen LogP contribution in [0.2, 0.25) is 0 Å². The fourth-order valence-corrected chi connectivity index (χ4v) is 4.09. The first-order chi connectivity index (χ1) is 14.6. The lowest BCUT2D eigenvalue weighted by molar-refractivity contribution is -0.274. The average molecular weight is 456 g/mol. The molecule has 1 aliphatic rings. The molecule has 4 N–H and O–H groups in total. The van der Waals surface area contributed by atoms with Gasteiger partial charge in [-0.25, -0.2) is 14.6 Å². The second kappa shape index (κ2) is 8.15. The smallest absolute Gasteiger partial charge is 0.406 e. The number of ether oxygens (including phenoxy) is 2. The van der Waals surface area contributed by atoms with Crippen LogP contribution in [-0.4, -0.2) is 54.6 Å². The lowest BCUT2D eigenvalue weighted by atomic mass is 10.1. The molecule has 3 aromatic rings. The molecule has 0 saturated carbocycles. The summed E-state index contributed by atoms with van der Waals surface area (Å²) >= 11 is 1.25. The predicted octanol–water partition coefficient (Wildman–Crippen LogP) is 2.05. The van der Waals surface area contributed by atoms with Gasteiger partial charge in [0.2, 0.25) is 0 Å². The molecule has 165 valence electrons. The monoisotopic (exact) mass is 456 g/mol. The number of fused-ring (bicyclic) bond motifs is 1. The van der Waals surface area contributed by atoms with E-state index >= 15 is 0 Å². The molecule has 31 heavy (non-hydrogen) atoms. The van der Waals surface area contributed by atoms with Crippen LogP contribution in [0.25, 0.3) is 11.0 Å². The van der Waals surface area contributed by atoms with Crippen molar-refractivity contribution in [1.82, 2.24) is 19.7 Å². The Kier molecular flexibility index (Phi) is 5.68. The largest absolute Gasteiger partial charge is 0.573 e. The van der Waals surface area contributed by atoms with Crippen molar-refractivity contribution in [2.75, 3.05) is 5.73 Å². The molecule has 4 atom stereocenters. The van der Waals surface area contributed by atoms with Gasteiger partial charge in [0.15, 0.2) is 11.9 Å². The van der Waals surface area contributed by atoms with E-state index in [-0.39, 0.29) is 11.6 Å².